The molecular weight excluding hydrogens is 328 g/mol. The third kappa shape index (κ3) is 3.45. The Labute approximate surface area is 152 Å². The molecule has 0 radical (unpaired) electrons. The van der Waals surface area contributed by atoms with Crippen LogP contribution in [0, 0.1) is 0 Å². The van der Waals surface area contributed by atoms with Gasteiger partial charge in [0.05, 0.1) is 12.7 Å². The first-order valence-electron chi connectivity index (χ1n) is 8.47. The normalized spacial score (nSPS) is 10.5. The number of benzene rings is 1. The summed E-state index contributed by atoms with van der Waals surface area (Å²) in [6.45, 7) is 1.92. The van der Waals surface area contributed by atoms with Crippen LogP contribution >= 0.6 is 0 Å². The van der Waals surface area contributed by atoms with Gasteiger partial charge in [-0.3, -0.25) is 9.59 Å². The fourth-order valence-corrected chi connectivity index (χ4v) is 3.00. The van der Waals surface area contributed by atoms with Gasteiger partial charge in [0, 0.05) is 11.6 Å². The van der Waals surface area contributed by atoms with E-state index < -0.39 is 0 Å². The Morgan fingerprint density at radius 1 is 1.04 bits per heavy atom. The standard InChI is InChI=1S/C22H20O4/c1-3-15-11-20(19-8-6-4-5-7-18(15)19)21(24)14-26-22-12-17(25-2)10-9-16(22)13-23/h4-13H,3,14H2,1-2H3. The highest BCUT2D eigenvalue weighted by Crippen LogP contribution is 2.32. The molecule has 0 bridgehead atoms. The summed E-state index contributed by atoms with van der Waals surface area (Å²) in [5, 5.41) is 0. The molecule has 0 atom stereocenters. The maximum absolute atomic E-state index is 12.8. The maximum atomic E-state index is 12.8. The Morgan fingerprint density at radius 3 is 2.50 bits per heavy atom. The van der Waals surface area contributed by atoms with Crippen LogP contribution in [0.15, 0.2) is 54.6 Å². The van der Waals surface area contributed by atoms with Crippen molar-refractivity contribution in [1.29, 1.82) is 0 Å². The van der Waals surface area contributed by atoms with Gasteiger partial charge in [0.25, 0.3) is 0 Å². The molecule has 0 N–H and O–H groups in total. The lowest BCUT2D eigenvalue weighted by atomic mass is 10.1. The molecule has 0 unspecified atom stereocenters. The first-order valence-corrected chi connectivity index (χ1v) is 8.47. The van der Waals surface area contributed by atoms with Crippen LogP contribution in [0.1, 0.15) is 33.2 Å². The quantitative estimate of drug-likeness (QED) is 0.468. The monoisotopic (exact) mass is 348 g/mol. The number of fused-ring (bicyclic) bond motifs is 1. The molecule has 0 aromatic heterocycles. The van der Waals surface area contributed by atoms with E-state index in [0.29, 0.717) is 28.9 Å². The molecular formula is C22H20O4. The first kappa shape index (κ1) is 17.7. The highest BCUT2D eigenvalue weighted by atomic mass is 16.5. The molecule has 4 nitrogen and oxygen atoms in total. The van der Waals surface area contributed by atoms with Crippen molar-refractivity contribution in [3.8, 4) is 22.6 Å². The van der Waals surface area contributed by atoms with Gasteiger partial charge in [0.1, 0.15) is 11.5 Å². The molecule has 2 aliphatic rings. The SMILES string of the molecule is CCc1cc(C(=O)COc2cc(OC)ccc2C=O)c2cccccc1-2. The summed E-state index contributed by atoms with van der Waals surface area (Å²) in [5.74, 6) is 0.780. The van der Waals surface area contributed by atoms with Gasteiger partial charge in [-0.15, -0.1) is 0 Å². The predicted octanol–water partition coefficient (Wildman–Crippen LogP) is 4.44. The number of aryl methyl sites for hydroxylation is 1. The molecule has 0 fully saturated rings. The van der Waals surface area contributed by atoms with Crippen molar-refractivity contribution >= 4 is 12.1 Å². The molecule has 2 aliphatic carbocycles. The number of hydrogen-bond donors (Lipinski definition) is 0. The zero-order valence-corrected chi connectivity index (χ0v) is 14.8. The summed E-state index contributed by atoms with van der Waals surface area (Å²) in [4.78, 5) is 24.0. The molecule has 4 heteroatoms. The number of ketones is 1. The first-order chi connectivity index (χ1) is 12.7. The number of aldehydes is 1. The fourth-order valence-electron chi connectivity index (χ4n) is 3.00. The van der Waals surface area contributed by atoms with Crippen molar-refractivity contribution in [3.63, 3.8) is 0 Å². The number of methoxy groups -OCH3 is 1. The van der Waals surface area contributed by atoms with Gasteiger partial charge in [0.2, 0.25) is 5.78 Å². The van der Waals surface area contributed by atoms with E-state index in [0.717, 1.165) is 23.1 Å². The summed E-state index contributed by atoms with van der Waals surface area (Å²) in [6, 6.07) is 16.6. The number of rotatable bonds is 7. The Morgan fingerprint density at radius 2 is 1.81 bits per heavy atom. The highest BCUT2D eigenvalue weighted by Gasteiger charge is 2.19. The summed E-state index contributed by atoms with van der Waals surface area (Å²) in [5.41, 5.74) is 4.15. The lowest BCUT2D eigenvalue weighted by Crippen LogP contribution is -2.12. The largest absolute Gasteiger partial charge is 0.497 e. The van der Waals surface area contributed by atoms with Crippen molar-refractivity contribution in [2.24, 2.45) is 0 Å². The van der Waals surface area contributed by atoms with Crippen molar-refractivity contribution in [1.82, 2.24) is 0 Å². The Balaban J connectivity index is 1.86. The van der Waals surface area contributed by atoms with E-state index >= 15 is 0 Å². The Bertz CT molecular complexity index is 914. The lowest BCUT2D eigenvalue weighted by Gasteiger charge is -2.09. The van der Waals surface area contributed by atoms with Crippen molar-refractivity contribution in [2.75, 3.05) is 13.7 Å². The van der Waals surface area contributed by atoms with Crippen LogP contribution in [0.3, 0.4) is 0 Å². The van der Waals surface area contributed by atoms with E-state index in [9.17, 15) is 9.59 Å². The zero-order valence-electron chi connectivity index (χ0n) is 14.8. The second kappa shape index (κ2) is 7.83. The third-order valence-corrected chi connectivity index (χ3v) is 4.38. The van der Waals surface area contributed by atoms with E-state index in [-0.39, 0.29) is 12.4 Å². The van der Waals surface area contributed by atoms with E-state index in [2.05, 4.69) is 6.92 Å². The minimum absolute atomic E-state index is 0.124. The number of ether oxygens (including phenoxy) is 2. The van der Waals surface area contributed by atoms with E-state index in [1.54, 1.807) is 18.2 Å². The van der Waals surface area contributed by atoms with E-state index in [1.807, 2.05) is 36.4 Å². The Hall–Kier alpha value is -3.14. The van der Waals surface area contributed by atoms with Gasteiger partial charge in [-0.05, 0) is 41.3 Å². The molecule has 0 spiro atoms. The fraction of sp³-hybridized carbons (Fsp3) is 0.182. The van der Waals surface area contributed by atoms with Crippen LogP contribution < -0.4 is 9.47 Å². The van der Waals surface area contributed by atoms with Crippen LogP contribution in [0.5, 0.6) is 11.5 Å². The lowest BCUT2D eigenvalue weighted by molar-refractivity contribution is 0.0919. The Kier molecular flexibility index (Phi) is 5.32. The second-order valence-electron chi connectivity index (χ2n) is 5.91. The summed E-state index contributed by atoms with van der Waals surface area (Å²) in [6.07, 6.45) is 1.55. The summed E-state index contributed by atoms with van der Waals surface area (Å²) >= 11 is 0. The van der Waals surface area contributed by atoms with Crippen molar-refractivity contribution in [2.45, 2.75) is 13.3 Å². The van der Waals surface area contributed by atoms with E-state index in [1.165, 1.54) is 7.11 Å². The molecule has 0 saturated heterocycles. The summed E-state index contributed by atoms with van der Waals surface area (Å²) in [7, 11) is 1.53. The molecule has 1 aromatic carbocycles. The number of hydrogen-bond acceptors (Lipinski definition) is 4. The molecule has 0 heterocycles. The van der Waals surface area contributed by atoms with Gasteiger partial charge in [0.15, 0.2) is 12.9 Å². The van der Waals surface area contributed by atoms with Gasteiger partial charge in [-0.1, -0.05) is 37.3 Å². The molecule has 132 valence electrons. The predicted molar refractivity (Wildman–Crippen MR) is 101 cm³/mol. The maximum Gasteiger partial charge on any atom is 0.200 e. The molecule has 3 rings (SSSR count). The van der Waals surface area contributed by atoms with Crippen LogP contribution in [0.25, 0.3) is 11.1 Å². The average molecular weight is 348 g/mol. The number of carbonyl (C=O) groups excluding carboxylic acids is 2. The minimum Gasteiger partial charge on any atom is -0.497 e. The molecule has 1 aromatic rings. The second-order valence-corrected chi connectivity index (χ2v) is 5.91. The van der Waals surface area contributed by atoms with Crippen molar-refractivity contribution in [3.05, 3.63) is 71.3 Å². The van der Waals surface area contributed by atoms with Crippen molar-refractivity contribution < 1.29 is 19.1 Å². The average Bonchev–Trinajstić information content (AvgIpc) is 2.85. The van der Waals surface area contributed by atoms with Gasteiger partial charge in [-0.25, -0.2) is 0 Å². The molecule has 0 saturated carbocycles. The van der Waals surface area contributed by atoms with Crippen LogP contribution in [-0.2, 0) is 6.42 Å². The zero-order chi connectivity index (χ0) is 18.5. The molecule has 26 heavy (non-hydrogen) atoms. The van der Waals surface area contributed by atoms with Gasteiger partial charge in [-0.2, -0.15) is 0 Å². The highest BCUT2D eigenvalue weighted by molar-refractivity contribution is 6.05. The topological polar surface area (TPSA) is 52.6 Å². The van der Waals surface area contributed by atoms with E-state index in [4.69, 9.17) is 9.47 Å². The molecule has 0 amide bonds. The summed E-state index contributed by atoms with van der Waals surface area (Å²) < 4.78 is 10.8. The van der Waals surface area contributed by atoms with Gasteiger partial charge < -0.3 is 9.47 Å². The van der Waals surface area contributed by atoms with Crippen LogP contribution in [0.4, 0.5) is 0 Å². The van der Waals surface area contributed by atoms with Crippen LogP contribution in [-0.4, -0.2) is 25.8 Å². The number of Topliss-reactive ketones (excluding diaryl/α,β-unsaturated/α-hetero) is 1. The van der Waals surface area contributed by atoms with Gasteiger partial charge >= 0.3 is 0 Å². The number of carbonyl (C=O) groups is 2. The van der Waals surface area contributed by atoms with Crippen LogP contribution in [0.2, 0.25) is 0 Å². The third-order valence-electron chi connectivity index (χ3n) is 4.38. The smallest absolute Gasteiger partial charge is 0.200 e. The molecule has 0 aliphatic heterocycles. The minimum atomic E-state index is -0.144.